The lowest BCUT2D eigenvalue weighted by atomic mass is 9.99. The van der Waals surface area contributed by atoms with Crippen LogP contribution < -0.4 is 5.73 Å². The Morgan fingerprint density at radius 1 is 1.43 bits per heavy atom. The lowest BCUT2D eigenvalue weighted by molar-refractivity contribution is -0.384. The summed E-state index contributed by atoms with van der Waals surface area (Å²) in [5.74, 6) is 1.01. The fourth-order valence-electron chi connectivity index (χ4n) is 2.24. The van der Waals surface area contributed by atoms with Crippen molar-refractivity contribution in [2.75, 3.05) is 5.73 Å². The number of non-ortho nitro benzene ring substituents is 1. The predicted molar refractivity (Wildman–Crippen MR) is 86.0 cm³/mol. The highest BCUT2D eigenvalue weighted by atomic mass is 79.9. The predicted octanol–water partition coefficient (Wildman–Crippen LogP) is 3.54. The van der Waals surface area contributed by atoms with E-state index in [1.807, 2.05) is 6.07 Å². The van der Waals surface area contributed by atoms with Gasteiger partial charge in [-0.2, -0.15) is 5.10 Å². The maximum absolute atomic E-state index is 11.0. The van der Waals surface area contributed by atoms with E-state index in [1.165, 1.54) is 12.1 Å². The van der Waals surface area contributed by atoms with Gasteiger partial charge < -0.3 is 5.73 Å². The summed E-state index contributed by atoms with van der Waals surface area (Å²) in [4.78, 5) is 10.6. The van der Waals surface area contributed by atoms with Crippen LogP contribution in [0, 0.1) is 16.0 Å². The van der Waals surface area contributed by atoms with Crippen molar-refractivity contribution in [1.82, 2.24) is 9.78 Å². The second-order valence-electron chi connectivity index (χ2n) is 5.39. The van der Waals surface area contributed by atoms with Gasteiger partial charge in [0.25, 0.3) is 5.69 Å². The SMILES string of the molecule is CC(C)Cc1c(-c2cc(Br)cc([N+](=O)[O-])c2)nn(C)c1N. The Balaban J connectivity index is 2.61. The number of halogens is 1. The molecule has 0 saturated carbocycles. The molecule has 0 bridgehead atoms. The van der Waals surface area contributed by atoms with E-state index in [1.54, 1.807) is 11.7 Å². The highest BCUT2D eigenvalue weighted by Crippen LogP contribution is 2.33. The largest absolute Gasteiger partial charge is 0.384 e. The van der Waals surface area contributed by atoms with Crippen molar-refractivity contribution in [3.63, 3.8) is 0 Å². The van der Waals surface area contributed by atoms with Crippen LogP contribution in [-0.4, -0.2) is 14.7 Å². The standard InChI is InChI=1S/C14H17BrN4O2/c1-8(2)4-12-13(17-18(3)14(12)16)9-5-10(15)7-11(6-9)19(20)21/h5-8H,4,16H2,1-3H3. The van der Waals surface area contributed by atoms with Crippen LogP contribution in [0.4, 0.5) is 11.5 Å². The smallest absolute Gasteiger partial charge is 0.271 e. The van der Waals surface area contributed by atoms with Crippen molar-refractivity contribution in [3.05, 3.63) is 38.3 Å². The molecule has 0 fully saturated rings. The summed E-state index contributed by atoms with van der Waals surface area (Å²) in [6.07, 6.45) is 0.773. The second-order valence-corrected chi connectivity index (χ2v) is 6.30. The van der Waals surface area contributed by atoms with Crippen molar-refractivity contribution in [2.45, 2.75) is 20.3 Å². The Hall–Kier alpha value is -1.89. The Morgan fingerprint density at radius 2 is 2.10 bits per heavy atom. The van der Waals surface area contributed by atoms with Crippen LogP contribution >= 0.6 is 15.9 Å². The zero-order valence-corrected chi connectivity index (χ0v) is 13.7. The molecule has 7 heteroatoms. The van der Waals surface area contributed by atoms with Crippen molar-refractivity contribution in [3.8, 4) is 11.3 Å². The number of nitrogens with zero attached hydrogens (tertiary/aromatic N) is 3. The molecule has 0 aliphatic carbocycles. The molecule has 2 N–H and O–H groups in total. The number of nitrogen functional groups attached to an aromatic ring is 1. The summed E-state index contributed by atoms with van der Waals surface area (Å²) in [7, 11) is 1.77. The fourth-order valence-corrected chi connectivity index (χ4v) is 2.72. The molecule has 0 spiro atoms. The van der Waals surface area contributed by atoms with Gasteiger partial charge in [0.15, 0.2) is 0 Å². The van der Waals surface area contributed by atoms with Crippen LogP contribution in [0.25, 0.3) is 11.3 Å². The second kappa shape index (κ2) is 5.85. The number of hydrogen-bond donors (Lipinski definition) is 1. The highest BCUT2D eigenvalue weighted by Gasteiger charge is 2.19. The minimum absolute atomic E-state index is 0.0269. The van der Waals surface area contributed by atoms with Crippen LogP contribution in [0.3, 0.4) is 0 Å². The molecule has 1 heterocycles. The van der Waals surface area contributed by atoms with Crippen LogP contribution in [0.15, 0.2) is 22.7 Å². The number of aromatic nitrogens is 2. The summed E-state index contributed by atoms with van der Waals surface area (Å²) < 4.78 is 2.26. The highest BCUT2D eigenvalue weighted by molar-refractivity contribution is 9.10. The average molecular weight is 353 g/mol. The van der Waals surface area contributed by atoms with E-state index in [0.29, 0.717) is 27.5 Å². The molecule has 6 nitrogen and oxygen atoms in total. The summed E-state index contributed by atoms with van der Waals surface area (Å²) in [6, 6.07) is 4.81. The molecular formula is C14H17BrN4O2. The van der Waals surface area contributed by atoms with E-state index < -0.39 is 4.92 Å². The first-order chi connectivity index (χ1) is 9.79. The van der Waals surface area contributed by atoms with E-state index in [4.69, 9.17) is 5.73 Å². The number of nitro groups is 1. The molecule has 1 aromatic heterocycles. The molecule has 112 valence electrons. The molecule has 0 aliphatic heterocycles. The van der Waals surface area contributed by atoms with Crippen molar-refractivity contribution in [2.24, 2.45) is 13.0 Å². The molecule has 2 rings (SSSR count). The molecule has 2 aromatic rings. The minimum atomic E-state index is -0.414. The van der Waals surface area contributed by atoms with E-state index in [0.717, 1.165) is 12.0 Å². The van der Waals surface area contributed by atoms with Crippen LogP contribution in [-0.2, 0) is 13.5 Å². The zero-order chi connectivity index (χ0) is 15.7. The van der Waals surface area contributed by atoms with Gasteiger partial charge in [-0.05, 0) is 18.4 Å². The summed E-state index contributed by atoms with van der Waals surface area (Å²) in [5, 5.41) is 15.4. The van der Waals surface area contributed by atoms with Crippen molar-refractivity contribution in [1.29, 1.82) is 0 Å². The molecule has 0 radical (unpaired) electrons. The Labute approximate surface area is 131 Å². The molecule has 1 aromatic carbocycles. The van der Waals surface area contributed by atoms with E-state index >= 15 is 0 Å². The lowest BCUT2D eigenvalue weighted by Gasteiger charge is -2.07. The summed E-state index contributed by atoms with van der Waals surface area (Å²) in [6.45, 7) is 4.19. The molecule has 0 atom stereocenters. The first-order valence-electron chi connectivity index (χ1n) is 6.56. The number of aryl methyl sites for hydroxylation is 1. The number of rotatable bonds is 4. The number of anilines is 1. The normalized spacial score (nSPS) is 11.1. The maximum Gasteiger partial charge on any atom is 0.271 e. The number of benzene rings is 1. The monoisotopic (exact) mass is 352 g/mol. The Morgan fingerprint density at radius 3 is 2.67 bits per heavy atom. The van der Waals surface area contributed by atoms with E-state index in [-0.39, 0.29) is 5.69 Å². The van der Waals surface area contributed by atoms with E-state index in [9.17, 15) is 10.1 Å². The molecule has 21 heavy (non-hydrogen) atoms. The average Bonchev–Trinajstić information content (AvgIpc) is 2.65. The zero-order valence-electron chi connectivity index (χ0n) is 12.1. The topological polar surface area (TPSA) is 87.0 Å². The Kier molecular flexibility index (Phi) is 4.32. The van der Waals surface area contributed by atoms with Gasteiger partial charge in [-0.25, -0.2) is 0 Å². The van der Waals surface area contributed by atoms with Gasteiger partial charge in [0, 0.05) is 34.8 Å². The number of hydrogen-bond acceptors (Lipinski definition) is 4. The lowest BCUT2D eigenvalue weighted by Crippen LogP contribution is -2.02. The quantitative estimate of drug-likeness (QED) is 0.673. The molecule has 0 unspecified atom stereocenters. The van der Waals surface area contributed by atoms with Crippen LogP contribution in [0.1, 0.15) is 19.4 Å². The van der Waals surface area contributed by atoms with Gasteiger partial charge >= 0.3 is 0 Å². The molecular weight excluding hydrogens is 336 g/mol. The first-order valence-corrected chi connectivity index (χ1v) is 7.35. The maximum atomic E-state index is 11.0. The summed E-state index contributed by atoms with van der Waals surface area (Å²) in [5.41, 5.74) is 8.43. The summed E-state index contributed by atoms with van der Waals surface area (Å²) >= 11 is 3.31. The van der Waals surface area contributed by atoms with Gasteiger partial charge in [0.2, 0.25) is 0 Å². The third-order valence-electron chi connectivity index (χ3n) is 3.17. The number of nitro benzene ring substituents is 1. The molecule has 0 aliphatic rings. The van der Waals surface area contributed by atoms with Crippen molar-refractivity contribution >= 4 is 27.4 Å². The third kappa shape index (κ3) is 3.24. The van der Waals surface area contributed by atoms with Crippen LogP contribution in [0.5, 0.6) is 0 Å². The third-order valence-corrected chi connectivity index (χ3v) is 3.63. The first kappa shape index (κ1) is 15.5. The molecule has 0 saturated heterocycles. The molecule has 0 amide bonds. The van der Waals surface area contributed by atoms with Gasteiger partial charge in [-0.1, -0.05) is 29.8 Å². The fraction of sp³-hybridized carbons (Fsp3) is 0.357. The Bertz CT molecular complexity index is 695. The van der Waals surface area contributed by atoms with Gasteiger partial charge in [0.05, 0.1) is 10.6 Å². The van der Waals surface area contributed by atoms with Gasteiger partial charge in [0.1, 0.15) is 5.82 Å². The van der Waals surface area contributed by atoms with Gasteiger partial charge in [-0.3, -0.25) is 14.8 Å². The van der Waals surface area contributed by atoms with E-state index in [2.05, 4.69) is 34.9 Å². The number of nitrogens with two attached hydrogens (primary N) is 1. The van der Waals surface area contributed by atoms with Crippen molar-refractivity contribution < 1.29 is 4.92 Å². The van der Waals surface area contributed by atoms with Crippen LogP contribution in [0.2, 0.25) is 0 Å². The minimum Gasteiger partial charge on any atom is -0.384 e. The van der Waals surface area contributed by atoms with Gasteiger partial charge in [-0.15, -0.1) is 0 Å².